The Morgan fingerprint density at radius 3 is 2.51 bits per heavy atom. The van der Waals surface area contributed by atoms with Gasteiger partial charge in [-0.15, -0.1) is 12.3 Å². The summed E-state index contributed by atoms with van der Waals surface area (Å²) in [6.07, 6.45) is 10.8. The van der Waals surface area contributed by atoms with E-state index in [1.165, 1.54) is 0 Å². The van der Waals surface area contributed by atoms with E-state index < -0.39 is 11.3 Å². The van der Waals surface area contributed by atoms with Gasteiger partial charge in [-0.25, -0.2) is 9.78 Å². The SMILES string of the molecule is C#CCCC1(CCOc2cc(NC(=O)c3ccc(N4CCN(C(=O)OC(C)(C)C)CC4)c4cn(C)nc34)cn3c(C)c(C)nc23)N=N1. The zero-order valence-corrected chi connectivity index (χ0v) is 27.8. The maximum atomic E-state index is 13.8. The van der Waals surface area contributed by atoms with Crippen LogP contribution in [0.25, 0.3) is 16.6 Å². The van der Waals surface area contributed by atoms with Crippen LogP contribution >= 0.6 is 0 Å². The van der Waals surface area contributed by atoms with Crippen LogP contribution in [0, 0.1) is 26.2 Å². The van der Waals surface area contributed by atoms with E-state index in [0.717, 1.165) is 22.5 Å². The molecule has 13 heteroatoms. The molecule has 1 N–H and O–H groups in total. The lowest BCUT2D eigenvalue weighted by Gasteiger charge is -2.37. The normalized spacial score (nSPS) is 15.6. The van der Waals surface area contributed by atoms with Gasteiger partial charge in [0, 0.05) is 87.7 Å². The molecule has 1 aromatic carbocycles. The Labute approximate surface area is 273 Å². The van der Waals surface area contributed by atoms with Crippen LogP contribution in [0.1, 0.15) is 61.8 Å². The first-order valence-corrected chi connectivity index (χ1v) is 15.9. The second-order valence-electron chi connectivity index (χ2n) is 13.2. The molecule has 6 rings (SSSR count). The molecule has 5 heterocycles. The average molecular weight is 640 g/mol. The van der Waals surface area contributed by atoms with Gasteiger partial charge in [-0.2, -0.15) is 15.3 Å². The molecule has 4 aromatic rings. The third-order valence-electron chi connectivity index (χ3n) is 8.52. The van der Waals surface area contributed by atoms with E-state index in [-0.39, 0.29) is 12.0 Å². The van der Waals surface area contributed by atoms with E-state index in [9.17, 15) is 9.59 Å². The number of hydrogen-bond donors (Lipinski definition) is 1. The molecule has 13 nitrogen and oxygen atoms in total. The lowest BCUT2D eigenvalue weighted by Crippen LogP contribution is -2.50. The van der Waals surface area contributed by atoms with Crippen molar-refractivity contribution in [2.75, 3.05) is 43.0 Å². The van der Waals surface area contributed by atoms with Gasteiger partial charge in [-0.1, -0.05) is 0 Å². The molecule has 1 saturated heterocycles. The molecule has 0 unspecified atom stereocenters. The summed E-state index contributed by atoms with van der Waals surface area (Å²) in [6.45, 7) is 12.2. The molecule has 246 valence electrons. The molecule has 0 spiro atoms. The molecular weight excluding hydrogens is 598 g/mol. The van der Waals surface area contributed by atoms with Crippen molar-refractivity contribution >= 4 is 39.9 Å². The number of fused-ring (bicyclic) bond motifs is 2. The van der Waals surface area contributed by atoms with Crippen molar-refractivity contribution in [1.82, 2.24) is 24.1 Å². The minimum Gasteiger partial charge on any atom is -0.489 e. The zero-order valence-electron chi connectivity index (χ0n) is 27.8. The van der Waals surface area contributed by atoms with Crippen LogP contribution < -0.4 is 15.0 Å². The second-order valence-corrected chi connectivity index (χ2v) is 13.2. The number of nitrogens with zero attached hydrogens (tertiary/aromatic N) is 8. The number of carbonyl (C=O) groups is 2. The number of piperazine rings is 1. The number of ether oxygens (including phenoxy) is 2. The van der Waals surface area contributed by atoms with Crippen molar-refractivity contribution in [3.05, 3.63) is 47.5 Å². The molecule has 2 aliphatic heterocycles. The number of carbonyl (C=O) groups excluding carboxylic acids is 2. The Balaban J connectivity index is 1.20. The van der Waals surface area contributed by atoms with Gasteiger partial charge in [-0.3, -0.25) is 13.9 Å². The maximum absolute atomic E-state index is 13.8. The van der Waals surface area contributed by atoms with E-state index in [4.69, 9.17) is 20.9 Å². The molecule has 2 aliphatic rings. The summed E-state index contributed by atoms with van der Waals surface area (Å²) in [7, 11) is 1.84. The van der Waals surface area contributed by atoms with Crippen LogP contribution in [0.5, 0.6) is 5.75 Å². The van der Waals surface area contributed by atoms with Gasteiger partial charge >= 0.3 is 6.09 Å². The molecule has 3 aromatic heterocycles. The highest BCUT2D eigenvalue weighted by Crippen LogP contribution is 2.37. The van der Waals surface area contributed by atoms with Crippen molar-refractivity contribution in [3.63, 3.8) is 0 Å². The van der Waals surface area contributed by atoms with Crippen LogP contribution in [0.4, 0.5) is 16.2 Å². The Morgan fingerprint density at radius 2 is 1.83 bits per heavy atom. The second kappa shape index (κ2) is 12.2. The average Bonchev–Trinajstić information content (AvgIpc) is 3.59. The Kier molecular flexibility index (Phi) is 8.29. The summed E-state index contributed by atoms with van der Waals surface area (Å²) in [4.78, 5) is 35.0. The zero-order chi connectivity index (χ0) is 33.5. The summed E-state index contributed by atoms with van der Waals surface area (Å²) in [5, 5.41) is 17.0. The van der Waals surface area contributed by atoms with E-state index in [0.29, 0.717) is 80.2 Å². The Hall–Kier alpha value is -5.12. The van der Waals surface area contributed by atoms with Crippen LogP contribution in [0.3, 0.4) is 0 Å². The monoisotopic (exact) mass is 639 g/mol. The van der Waals surface area contributed by atoms with Crippen LogP contribution in [0.15, 0.2) is 40.8 Å². The molecule has 2 amide bonds. The molecule has 0 aliphatic carbocycles. The van der Waals surface area contributed by atoms with Crippen molar-refractivity contribution in [2.24, 2.45) is 17.3 Å². The van der Waals surface area contributed by atoms with E-state index in [2.05, 4.69) is 31.5 Å². The van der Waals surface area contributed by atoms with Crippen LogP contribution in [0.2, 0.25) is 0 Å². The van der Waals surface area contributed by atoms with Gasteiger partial charge in [-0.05, 0) is 46.8 Å². The fraction of sp³-hybridized carbons (Fsp3) is 0.471. The fourth-order valence-corrected chi connectivity index (χ4v) is 5.83. The minimum absolute atomic E-state index is 0.293. The highest BCUT2D eigenvalue weighted by atomic mass is 16.6. The third-order valence-corrected chi connectivity index (χ3v) is 8.52. The Morgan fingerprint density at radius 1 is 1.09 bits per heavy atom. The van der Waals surface area contributed by atoms with Gasteiger partial charge in [0.25, 0.3) is 5.91 Å². The lowest BCUT2D eigenvalue weighted by molar-refractivity contribution is 0.0240. The quantitative estimate of drug-likeness (QED) is 0.240. The first kappa shape index (κ1) is 31.8. The highest BCUT2D eigenvalue weighted by Gasteiger charge is 2.39. The molecule has 0 bridgehead atoms. The number of rotatable bonds is 9. The number of aryl methyl sites for hydroxylation is 3. The number of aromatic nitrogens is 4. The van der Waals surface area contributed by atoms with Crippen molar-refractivity contribution in [1.29, 1.82) is 0 Å². The number of imidazole rings is 1. The predicted molar refractivity (Wildman–Crippen MR) is 179 cm³/mol. The van der Waals surface area contributed by atoms with Crippen molar-refractivity contribution in [3.8, 4) is 18.1 Å². The van der Waals surface area contributed by atoms with Gasteiger partial charge in [0.15, 0.2) is 17.1 Å². The smallest absolute Gasteiger partial charge is 0.410 e. The summed E-state index contributed by atoms with van der Waals surface area (Å²) in [5.41, 5.74) is 4.06. The van der Waals surface area contributed by atoms with Crippen LogP contribution in [-0.2, 0) is 11.8 Å². The molecular formula is C34H41N9O4. The summed E-state index contributed by atoms with van der Waals surface area (Å²) >= 11 is 0. The van der Waals surface area contributed by atoms with E-state index in [1.807, 2.05) is 64.5 Å². The number of anilines is 2. The fourth-order valence-electron chi connectivity index (χ4n) is 5.83. The lowest BCUT2D eigenvalue weighted by atomic mass is 10.1. The number of terminal acetylenes is 1. The third kappa shape index (κ3) is 6.72. The molecule has 0 atom stereocenters. The Bertz CT molecular complexity index is 1910. The van der Waals surface area contributed by atoms with E-state index in [1.54, 1.807) is 21.7 Å². The van der Waals surface area contributed by atoms with Gasteiger partial charge in [0.1, 0.15) is 11.1 Å². The molecule has 1 fully saturated rings. The predicted octanol–water partition coefficient (Wildman–Crippen LogP) is 5.49. The number of hydrogen-bond acceptors (Lipinski definition) is 9. The standard InChI is InChI=1S/C34H41N9O4/c1-8-9-12-34(38-39-34)13-18-46-28-19-24(20-43-23(3)22(2)35-30(28)43)36-31(44)25-10-11-27(26-21-40(7)37-29(25)26)41-14-16-42(17-15-41)32(45)47-33(4,5)6/h1,10-11,19-21H,9,12-18H2,2-7H3,(H,36,44). The van der Waals surface area contributed by atoms with Gasteiger partial charge < -0.3 is 24.6 Å². The van der Waals surface area contributed by atoms with E-state index >= 15 is 0 Å². The number of pyridine rings is 1. The van der Waals surface area contributed by atoms with Gasteiger partial charge in [0.2, 0.25) is 0 Å². The molecule has 0 saturated carbocycles. The molecule has 47 heavy (non-hydrogen) atoms. The largest absolute Gasteiger partial charge is 0.489 e. The minimum atomic E-state index is -0.543. The summed E-state index contributed by atoms with van der Waals surface area (Å²) in [5.74, 6) is 2.91. The number of benzene rings is 1. The summed E-state index contributed by atoms with van der Waals surface area (Å²) in [6, 6.07) is 5.55. The van der Waals surface area contributed by atoms with Crippen molar-refractivity contribution in [2.45, 2.75) is 65.1 Å². The van der Waals surface area contributed by atoms with Crippen molar-refractivity contribution < 1.29 is 19.1 Å². The number of nitrogens with one attached hydrogen (secondary N) is 1. The van der Waals surface area contributed by atoms with Gasteiger partial charge in [0.05, 0.1) is 23.6 Å². The number of amides is 2. The first-order valence-electron chi connectivity index (χ1n) is 15.9. The first-order chi connectivity index (χ1) is 22.4. The molecule has 0 radical (unpaired) electrons. The maximum Gasteiger partial charge on any atom is 0.410 e. The topological polar surface area (TPSA) is 131 Å². The van der Waals surface area contributed by atoms with Crippen LogP contribution in [-0.4, -0.2) is 80.1 Å². The summed E-state index contributed by atoms with van der Waals surface area (Å²) < 4.78 is 15.4. The highest BCUT2D eigenvalue weighted by molar-refractivity contribution is 6.14.